The molecule has 4 rings (SSSR count). The first-order valence-electron chi connectivity index (χ1n) is 11.2. The SMILES string of the molecule is CNC/C=C/C(=O)N1CCC(N(CC2CC2)c2cc(-c3ccnc(OC)c3)c[nH]c2=O)C1. The van der Waals surface area contributed by atoms with E-state index in [0.29, 0.717) is 37.1 Å². The fraction of sp³-hybridized carbons (Fsp3) is 0.458. The van der Waals surface area contributed by atoms with Crippen molar-refractivity contribution in [3.63, 3.8) is 0 Å². The van der Waals surface area contributed by atoms with Crippen molar-refractivity contribution >= 4 is 11.6 Å². The van der Waals surface area contributed by atoms with Gasteiger partial charge < -0.3 is 24.8 Å². The molecule has 8 nitrogen and oxygen atoms in total. The summed E-state index contributed by atoms with van der Waals surface area (Å²) in [7, 11) is 3.44. The number of amides is 1. The average molecular weight is 438 g/mol. The van der Waals surface area contributed by atoms with Crippen LogP contribution in [-0.2, 0) is 4.79 Å². The minimum absolute atomic E-state index is 0.0284. The fourth-order valence-electron chi connectivity index (χ4n) is 4.15. The molecule has 2 fully saturated rings. The van der Waals surface area contributed by atoms with Gasteiger partial charge in [-0.25, -0.2) is 4.98 Å². The molecule has 3 heterocycles. The number of hydrogen-bond acceptors (Lipinski definition) is 6. The lowest BCUT2D eigenvalue weighted by Crippen LogP contribution is -2.42. The smallest absolute Gasteiger partial charge is 0.271 e. The van der Waals surface area contributed by atoms with E-state index in [1.54, 1.807) is 25.6 Å². The number of nitrogens with one attached hydrogen (secondary N) is 2. The molecular formula is C24H31N5O3. The Labute approximate surface area is 188 Å². The Kier molecular flexibility index (Phi) is 6.90. The van der Waals surface area contributed by atoms with Gasteiger partial charge in [-0.2, -0.15) is 0 Å². The van der Waals surface area contributed by atoms with Gasteiger partial charge in [-0.05, 0) is 49.9 Å². The number of ether oxygens (including phenoxy) is 1. The first-order chi connectivity index (χ1) is 15.6. The number of carbonyl (C=O) groups is 1. The average Bonchev–Trinajstić information content (AvgIpc) is 3.51. The number of H-pyrrole nitrogens is 1. The summed E-state index contributed by atoms with van der Waals surface area (Å²) in [5.41, 5.74) is 2.39. The van der Waals surface area contributed by atoms with Gasteiger partial charge in [-0.15, -0.1) is 0 Å². The maximum absolute atomic E-state index is 12.9. The van der Waals surface area contributed by atoms with Crippen molar-refractivity contribution in [1.82, 2.24) is 20.2 Å². The van der Waals surface area contributed by atoms with Gasteiger partial charge in [0.05, 0.1) is 7.11 Å². The monoisotopic (exact) mass is 437 g/mol. The van der Waals surface area contributed by atoms with Crippen molar-refractivity contribution in [2.75, 3.05) is 45.2 Å². The summed E-state index contributed by atoms with van der Waals surface area (Å²) in [4.78, 5) is 36.6. The van der Waals surface area contributed by atoms with Crippen LogP contribution in [0.5, 0.6) is 5.88 Å². The van der Waals surface area contributed by atoms with E-state index in [1.807, 2.05) is 36.2 Å². The third-order valence-corrected chi connectivity index (χ3v) is 6.12. The third-order valence-electron chi connectivity index (χ3n) is 6.12. The lowest BCUT2D eigenvalue weighted by atomic mass is 10.1. The summed E-state index contributed by atoms with van der Waals surface area (Å²) < 4.78 is 5.25. The topological polar surface area (TPSA) is 90.6 Å². The predicted molar refractivity (Wildman–Crippen MR) is 125 cm³/mol. The summed E-state index contributed by atoms with van der Waals surface area (Å²) in [6.45, 7) is 2.84. The molecular weight excluding hydrogens is 406 g/mol. The minimum atomic E-state index is -0.103. The molecule has 1 aliphatic carbocycles. The predicted octanol–water partition coefficient (Wildman–Crippen LogP) is 2.04. The zero-order valence-electron chi connectivity index (χ0n) is 18.7. The molecule has 0 aromatic carbocycles. The van der Waals surface area contributed by atoms with Gasteiger partial charge in [0.1, 0.15) is 5.69 Å². The number of methoxy groups -OCH3 is 1. The van der Waals surface area contributed by atoms with Gasteiger partial charge in [0, 0.05) is 62.3 Å². The van der Waals surface area contributed by atoms with Crippen LogP contribution in [0.15, 0.2) is 47.5 Å². The standard InChI is InChI=1S/C24H31N5O3/c1-25-9-3-4-23(30)28-11-8-20(16-28)29(15-17-5-6-17)21-12-19(14-27-24(21)31)18-7-10-26-22(13-18)32-2/h3-4,7,10,12-14,17,20,25H,5-6,8-9,11,15-16H2,1-2H3,(H,27,31)/b4-3+. The zero-order chi connectivity index (χ0) is 22.5. The largest absolute Gasteiger partial charge is 0.481 e. The van der Waals surface area contributed by atoms with Gasteiger partial charge >= 0.3 is 0 Å². The van der Waals surface area contributed by atoms with E-state index >= 15 is 0 Å². The Hall–Kier alpha value is -3.13. The quantitative estimate of drug-likeness (QED) is 0.584. The van der Waals surface area contributed by atoms with E-state index in [1.165, 1.54) is 12.8 Å². The number of hydrogen-bond donors (Lipinski definition) is 2. The van der Waals surface area contributed by atoms with Gasteiger partial charge in [-0.1, -0.05) is 6.08 Å². The number of nitrogens with zero attached hydrogens (tertiary/aromatic N) is 3. The van der Waals surface area contributed by atoms with Gasteiger partial charge in [-0.3, -0.25) is 9.59 Å². The highest BCUT2D eigenvalue weighted by atomic mass is 16.5. The van der Waals surface area contributed by atoms with Crippen LogP contribution in [0.3, 0.4) is 0 Å². The highest BCUT2D eigenvalue weighted by Gasteiger charge is 2.34. The maximum atomic E-state index is 12.9. The summed E-state index contributed by atoms with van der Waals surface area (Å²) in [5, 5.41) is 3.01. The normalized spacial score (nSPS) is 18.3. The lowest BCUT2D eigenvalue weighted by molar-refractivity contribution is -0.125. The van der Waals surface area contributed by atoms with Crippen molar-refractivity contribution in [3.05, 3.63) is 53.1 Å². The van der Waals surface area contributed by atoms with Crippen LogP contribution in [-0.4, -0.2) is 67.2 Å². The Balaban J connectivity index is 1.58. The summed E-state index contributed by atoms with van der Waals surface area (Å²) in [6, 6.07) is 5.84. The minimum Gasteiger partial charge on any atom is -0.481 e. The van der Waals surface area contributed by atoms with Crippen LogP contribution in [0.4, 0.5) is 5.69 Å². The fourth-order valence-corrected chi connectivity index (χ4v) is 4.15. The molecule has 1 amide bonds. The van der Waals surface area contributed by atoms with Crippen LogP contribution in [0.2, 0.25) is 0 Å². The van der Waals surface area contributed by atoms with Gasteiger partial charge in [0.2, 0.25) is 11.8 Å². The van der Waals surface area contributed by atoms with Crippen LogP contribution in [0.1, 0.15) is 19.3 Å². The highest BCUT2D eigenvalue weighted by Crippen LogP contribution is 2.34. The number of likely N-dealkylation sites (N-methyl/N-ethyl adjacent to an activating group) is 1. The van der Waals surface area contributed by atoms with Crippen molar-refractivity contribution in [2.24, 2.45) is 5.92 Å². The second-order valence-electron chi connectivity index (χ2n) is 8.47. The van der Waals surface area contributed by atoms with E-state index in [9.17, 15) is 9.59 Å². The lowest BCUT2D eigenvalue weighted by Gasteiger charge is -2.31. The van der Waals surface area contributed by atoms with Crippen LogP contribution in [0, 0.1) is 5.92 Å². The Morgan fingerprint density at radius 3 is 2.94 bits per heavy atom. The number of likely N-dealkylation sites (tertiary alicyclic amines) is 1. The van der Waals surface area contributed by atoms with E-state index in [-0.39, 0.29) is 17.5 Å². The summed E-state index contributed by atoms with van der Waals surface area (Å²) >= 11 is 0. The van der Waals surface area contributed by atoms with Gasteiger partial charge in [0.25, 0.3) is 5.56 Å². The van der Waals surface area contributed by atoms with Crippen molar-refractivity contribution in [2.45, 2.75) is 25.3 Å². The molecule has 1 saturated heterocycles. The number of aromatic nitrogens is 2. The molecule has 0 bridgehead atoms. The van der Waals surface area contributed by atoms with E-state index < -0.39 is 0 Å². The Morgan fingerprint density at radius 1 is 1.34 bits per heavy atom. The van der Waals surface area contributed by atoms with Crippen LogP contribution < -0.4 is 20.5 Å². The Morgan fingerprint density at radius 2 is 2.19 bits per heavy atom. The van der Waals surface area contributed by atoms with Crippen molar-refractivity contribution in [1.29, 1.82) is 0 Å². The molecule has 2 aliphatic rings. The number of rotatable bonds is 9. The van der Waals surface area contributed by atoms with Crippen molar-refractivity contribution < 1.29 is 9.53 Å². The highest BCUT2D eigenvalue weighted by molar-refractivity contribution is 5.88. The second-order valence-corrected chi connectivity index (χ2v) is 8.47. The molecule has 1 saturated carbocycles. The first kappa shape index (κ1) is 22.1. The molecule has 170 valence electrons. The zero-order valence-corrected chi connectivity index (χ0v) is 18.7. The molecule has 1 atom stereocenters. The first-order valence-corrected chi connectivity index (χ1v) is 11.2. The number of carbonyl (C=O) groups excluding carboxylic acids is 1. The molecule has 0 spiro atoms. The number of anilines is 1. The van der Waals surface area contributed by atoms with E-state index in [0.717, 1.165) is 24.1 Å². The molecule has 2 N–H and O–H groups in total. The maximum Gasteiger partial charge on any atom is 0.271 e. The summed E-state index contributed by atoms with van der Waals surface area (Å²) in [5.74, 6) is 1.17. The summed E-state index contributed by atoms with van der Waals surface area (Å²) in [6.07, 6.45) is 10.1. The van der Waals surface area contributed by atoms with Crippen LogP contribution >= 0.6 is 0 Å². The molecule has 1 unspecified atom stereocenters. The molecule has 0 radical (unpaired) electrons. The third kappa shape index (κ3) is 5.19. The molecule has 32 heavy (non-hydrogen) atoms. The second kappa shape index (κ2) is 9.99. The molecule has 2 aromatic rings. The van der Waals surface area contributed by atoms with Crippen molar-refractivity contribution in [3.8, 4) is 17.0 Å². The number of pyridine rings is 2. The molecule has 1 aliphatic heterocycles. The van der Waals surface area contributed by atoms with Gasteiger partial charge in [0.15, 0.2) is 0 Å². The molecule has 8 heteroatoms. The number of aromatic amines is 1. The molecule has 2 aromatic heterocycles. The van der Waals surface area contributed by atoms with E-state index in [2.05, 4.69) is 20.2 Å². The van der Waals surface area contributed by atoms with Crippen LogP contribution in [0.25, 0.3) is 11.1 Å². The Bertz CT molecular complexity index is 1030. The van der Waals surface area contributed by atoms with E-state index in [4.69, 9.17) is 4.74 Å².